The van der Waals surface area contributed by atoms with E-state index >= 15 is 0 Å². The number of hydrogen-bond donors (Lipinski definition) is 0. The van der Waals surface area contributed by atoms with E-state index in [1.54, 1.807) is 0 Å². The highest BCUT2D eigenvalue weighted by Crippen LogP contribution is 2.51. The lowest BCUT2D eigenvalue weighted by Crippen LogP contribution is -2.05. The van der Waals surface area contributed by atoms with Crippen LogP contribution in [0.3, 0.4) is 0 Å². The second-order valence-corrected chi connectivity index (χ2v) is 3.11. The molecule has 1 aliphatic rings. The second kappa shape index (κ2) is 1.24. The third-order valence-electron chi connectivity index (χ3n) is 1.83. The van der Waals surface area contributed by atoms with Crippen molar-refractivity contribution in [2.24, 2.45) is 11.3 Å². The van der Waals surface area contributed by atoms with E-state index < -0.39 is 5.91 Å². The average Bonchev–Trinajstić information content (AvgIpc) is 2.13. The summed E-state index contributed by atoms with van der Waals surface area (Å²) in [5.74, 6) is -0.350. The Bertz CT molecular complexity index is 128. The minimum absolute atomic E-state index is 0.0440. The Labute approximate surface area is 49.1 Å². The lowest BCUT2D eigenvalue weighted by molar-refractivity contribution is -0.120. The van der Waals surface area contributed by atoms with Crippen molar-refractivity contribution in [2.75, 3.05) is 0 Å². The first-order valence-corrected chi connectivity index (χ1v) is 2.79. The Morgan fingerprint density at radius 2 is 2.12 bits per heavy atom. The molecule has 0 saturated heterocycles. The number of carbonyl (C=O) groups excluding carboxylic acids is 1. The molecule has 1 fully saturated rings. The van der Waals surface area contributed by atoms with Crippen LogP contribution in [-0.2, 0) is 4.79 Å². The minimum Gasteiger partial charge on any atom is -0.273 e. The van der Waals surface area contributed by atoms with Crippen molar-refractivity contribution < 1.29 is 4.79 Å². The predicted octanol–water partition coefficient (Wildman–Crippen LogP) is 0.842. The van der Waals surface area contributed by atoms with Gasteiger partial charge in [-0.25, -0.2) is 0 Å². The normalized spacial score (nSPS) is 32.0. The maximum absolute atomic E-state index is 10.3. The van der Waals surface area contributed by atoms with Gasteiger partial charge in [0.1, 0.15) is 0 Å². The standard InChI is InChI=1S/C6H10NO/c1-6(2)3-4(6)5(7)8/h4,7H,3H2,1-2H3. The number of amides is 1. The van der Waals surface area contributed by atoms with Gasteiger partial charge in [-0.15, -0.1) is 0 Å². The summed E-state index contributed by atoms with van der Waals surface area (Å²) < 4.78 is 0. The topological polar surface area (TPSA) is 40.9 Å². The fraction of sp³-hybridized carbons (Fsp3) is 0.833. The van der Waals surface area contributed by atoms with Crippen LogP contribution >= 0.6 is 0 Å². The first kappa shape index (κ1) is 5.60. The van der Waals surface area contributed by atoms with Crippen molar-refractivity contribution in [2.45, 2.75) is 20.3 Å². The molecule has 1 atom stereocenters. The maximum Gasteiger partial charge on any atom is 0.242 e. The molecule has 2 nitrogen and oxygen atoms in total. The summed E-state index contributed by atoms with van der Waals surface area (Å²) in [4.78, 5) is 10.3. The molecule has 1 rings (SSSR count). The van der Waals surface area contributed by atoms with Crippen molar-refractivity contribution in [3.63, 3.8) is 0 Å². The Morgan fingerprint density at radius 1 is 1.75 bits per heavy atom. The van der Waals surface area contributed by atoms with E-state index in [1.165, 1.54) is 0 Å². The van der Waals surface area contributed by atoms with E-state index in [1.807, 2.05) is 13.8 Å². The second-order valence-electron chi connectivity index (χ2n) is 3.11. The zero-order valence-corrected chi connectivity index (χ0v) is 5.19. The van der Waals surface area contributed by atoms with Crippen molar-refractivity contribution in [3.05, 3.63) is 0 Å². The fourth-order valence-electron chi connectivity index (χ4n) is 0.915. The Morgan fingerprint density at radius 3 is 2.12 bits per heavy atom. The molecule has 1 unspecified atom stereocenters. The summed E-state index contributed by atoms with van der Waals surface area (Å²) in [6.45, 7) is 4.04. The Kier molecular flexibility index (Phi) is 0.872. The molecule has 1 aliphatic carbocycles. The van der Waals surface area contributed by atoms with Crippen LogP contribution in [0.15, 0.2) is 0 Å². The number of rotatable bonds is 1. The van der Waals surface area contributed by atoms with Crippen LogP contribution < -0.4 is 5.73 Å². The predicted molar refractivity (Wildman–Crippen MR) is 30.0 cm³/mol. The van der Waals surface area contributed by atoms with Gasteiger partial charge in [0.05, 0.1) is 0 Å². The summed E-state index contributed by atoms with van der Waals surface area (Å²) >= 11 is 0. The van der Waals surface area contributed by atoms with E-state index in [0.29, 0.717) is 0 Å². The van der Waals surface area contributed by atoms with Gasteiger partial charge in [0, 0.05) is 5.92 Å². The van der Waals surface area contributed by atoms with Crippen LogP contribution in [0, 0.1) is 11.3 Å². The maximum atomic E-state index is 10.3. The smallest absolute Gasteiger partial charge is 0.242 e. The van der Waals surface area contributed by atoms with Gasteiger partial charge in [-0.1, -0.05) is 13.8 Å². The van der Waals surface area contributed by atoms with Crippen LogP contribution in [0.4, 0.5) is 0 Å². The number of hydrogen-bond acceptors (Lipinski definition) is 1. The summed E-state index contributed by atoms with van der Waals surface area (Å²) in [6, 6.07) is 0. The molecule has 0 bridgehead atoms. The minimum atomic E-state index is -0.394. The Hall–Kier alpha value is -0.530. The van der Waals surface area contributed by atoms with Gasteiger partial charge in [-0.3, -0.25) is 10.5 Å². The highest BCUT2D eigenvalue weighted by molar-refractivity contribution is 5.79. The molecular formula is C6H10NO. The van der Waals surface area contributed by atoms with Crippen LogP contribution in [0.25, 0.3) is 0 Å². The van der Waals surface area contributed by atoms with Crippen molar-refractivity contribution >= 4 is 5.91 Å². The van der Waals surface area contributed by atoms with Crippen LogP contribution in [0.1, 0.15) is 20.3 Å². The van der Waals surface area contributed by atoms with Crippen LogP contribution in [0.5, 0.6) is 0 Å². The van der Waals surface area contributed by atoms with Crippen LogP contribution in [-0.4, -0.2) is 5.91 Å². The van der Waals surface area contributed by atoms with Gasteiger partial charge in [0.2, 0.25) is 5.91 Å². The molecule has 0 aromatic heterocycles. The SMILES string of the molecule is CC1(C)CC1C([NH])=O. The molecule has 1 radical (unpaired) electrons. The molecule has 0 aromatic carbocycles. The quantitative estimate of drug-likeness (QED) is 0.495. The molecule has 45 valence electrons. The summed E-state index contributed by atoms with van der Waals surface area (Å²) in [6.07, 6.45) is 0.912. The third kappa shape index (κ3) is 0.703. The molecule has 0 aliphatic heterocycles. The van der Waals surface area contributed by atoms with Gasteiger partial charge < -0.3 is 0 Å². The molecule has 2 heteroatoms. The van der Waals surface area contributed by atoms with Crippen molar-refractivity contribution in [1.29, 1.82) is 0 Å². The monoisotopic (exact) mass is 112 g/mol. The molecular weight excluding hydrogens is 102 g/mol. The molecule has 0 spiro atoms. The Balaban J connectivity index is 2.48. The van der Waals surface area contributed by atoms with Gasteiger partial charge in [0.15, 0.2) is 0 Å². The van der Waals surface area contributed by atoms with Crippen molar-refractivity contribution in [3.8, 4) is 0 Å². The lowest BCUT2D eigenvalue weighted by atomic mass is 10.1. The largest absolute Gasteiger partial charge is 0.273 e. The van der Waals surface area contributed by atoms with E-state index in [4.69, 9.17) is 5.73 Å². The highest BCUT2D eigenvalue weighted by Gasteiger charge is 2.49. The van der Waals surface area contributed by atoms with Gasteiger partial charge in [-0.2, -0.15) is 0 Å². The van der Waals surface area contributed by atoms with Crippen molar-refractivity contribution in [1.82, 2.24) is 5.73 Å². The molecule has 1 amide bonds. The summed E-state index contributed by atoms with van der Waals surface area (Å²) in [5, 5.41) is 0. The zero-order chi connectivity index (χ0) is 6.36. The van der Waals surface area contributed by atoms with Gasteiger partial charge in [-0.05, 0) is 11.8 Å². The third-order valence-corrected chi connectivity index (χ3v) is 1.83. The van der Waals surface area contributed by atoms with E-state index in [0.717, 1.165) is 6.42 Å². The molecule has 0 aromatic rings. The van der Waals surface area contributed by atoms with Gasteiger partial charge in [0.25, 0.3) is 0 Å². The van der Waals surface area contributed by atoms with E-state index in [2.05, 4.69) is 0 Å². The fourth-order valence-corrected chi connectivity index (χ4v) is 0.915. The summed E-state index contributed by atoms with van der Waals surface area (Å²) in [5.41, 5.74) is 6.86. The van der Waals surface area contributed by atoms with Crippen LogP contribution in [0.2, 0.25) is 0 Å². The molecule has 1 saturated carbocycles. The van der Waals surface area contributed by atoms with E-state index in [9.17, 15) is 4.79 Å². The average molecular weight is 112 g/mol. The molecule has 1 N–H and O–H groups in total. The van der Waals surface area contributed by atoms with Gasteiger partial charge >= 0.3 is 0 Å². The first-order valence-electron chi connectivity index (χ1n) is 2.79. The number of nitrogens with one attached hydrogen (secondary N) is 1. The summed E-state index contributed by atoms with van der Waals surface area (Å²) in [7, 11) is 0. The first-order chi connectivity index (χ1) is 3.54. The lowest BCUT2D eigenvalue weighted by Gasteiger charge is -1.94. The number of carbonyl (C=O) groups is 1. The molecule has 0 heterocycles. The highest BCUT2D eigenvalue weighted by atomic mass is 16.1. The molecule has 8 heavy (non-hydrogen) atoms. The zero-order valence-electron chi connectivity index (χ0n) is 5.19. The van der Waals surface area contributed by atoms with E-state index in [-0.39, 0.29) is 11.3 Å².